The van der Waals surface area contributed by atoms with Gasteiger partial charge in [0, 0.05) is 19.2 Å². The van der Waals surface area contributed by atoms with Crippen molar-refractivity contribution < 1.29 is 9.90 Å². The summed E-state index contributed by atoms with van der Waals surface area (Å²) in [5, 5.41) is 17.4. The van der Waals surface area contributed by atoms with E-state index >= 15 is 0 Å². The SMILES string of the molecule is Cc1ccccc1C(O)CNC(=O)CCc1cnn(-c2ccccc2)c1. The Morgan fingerprint density at radius 1 is 1.15 bits per heavy atom. The van der Waals surface area contributed by atoms with Crippen LogP contribution in [-0.2, 0) is 11.2 Å². The zero-order valence-corrected chi connectivity index (χ0v) is 14.8. The van der Waals surface area contributed by atoms with E-state index in [0.717, 1.165) is 22.4 Å². The third-order valence-electron chi connectivity index (χ3n) is 4.34. The summed E-state index contributed by atoms with van der Waals surface area (Å²) < 4.78 is 1.80. The molecule has 1 aromatic heterocycles. The number of aryl methyl sites for hydroxylation is 2. The molecule has 0 aliphatic carbocycles. The maximum atomic E-state index is 12.1. The molecule has 1 heterocycles. The van der Waals surface area contributed by atoms with E-state index < -0.39 is 6.10 Å². The fourth-order valence-electron chi connectivity index (χ4n) is 2.84. The first-order valence-electron chi connectivity index (χ1n) is 8.73. The number of aliphatic hydroxyl groups excluding tert-OH is 1. The Hall–Kier alpha value is -2.92. The normalized spacial score (nSPS) is 11.9. The number of nitrogens with one attached hydrogen (secondary N) is 1. The lowest BCUT2D eigenvalue weighted by atomic mass is 10.0. The van der Waals surface area contributed by atoms with Crippen LogP contribution in [0.1, 0.15) is 29.2 Å². The van der Waals surface area contributed by atoms with Crippen molar-refractivity contribution in [1.29, 1.82) is 0 Å². The van der Waals surface area contributed by atoms with Gasteiger partial charge in [0.1, 0.15) is 0 Å². The molecule has 3 aromatic rings. The molecule has 0 bridgehead atoms. The first-order chi connectivity index (χ1) is 12.6. The van der Waals surface area contributed by atoms with Crippen LogP contribution in [0.15, 0.2) is 67.0 Å². The number of carbonyl (C=O) groups excluding carboxylic acids is 1. The Bertz CT molecular complexity index is 858. The van der Waals surface area contributed by atoms with Gasteiger partial charge >= 0.3 is 0 Å². The van der Waals surface area contributed by atoms with E-state index in [1.54, 1.807) is 10.9 Å². The van der Waals surface area contributed by atoms with Crippen LogP contribution >= 0.6 is 0 Å². The van der Waals surface area contributed by atoms with Crippen LogP contribution in [0.3, 0.4) is 0 Å². The van der Waals surface area contributed by atoms with E-state index in [-0.39, 0.29) is 12.5 Å². The number of hydrogen-bond donors (Lipinski definition) is 2. The molecule has 5 nitrogen and oxygen atoms in total. The van der Waals surface area contributed by atoms with Gasteiger partial charge in [-0.25, -0.2) is 4.68 Å². The molecule has 0 radical (unpaired) electrons. The summed E-state index contributed by atoms with van der Waals surface area (Å²) in [6.45, 7) is 2.16. The first-order valence-corrected chi connectivity index (χ1v) is 8.73. The van der Waals surface area contributed by atoms with Crippen LogP contribution in [0.5, 0.6) is 0 Å². The summed E-state index contributed by atoms with van der Waals surface area (Å²) >= 11 is 0. The van der Waals surface area contributed by atoms with E-state index in [1.807, 2.05) is 67.7 Å². The summed E-state index contributed by atoms with van der Waals surface area (Å²) in [6, 6.07) is 17.5. The molecule has 3 rings (SSSR count). The average molecular weight is 349 g/mol. The molecule has 0 saturated heterocycles. The standard InChI is InChI=1S/C21H23N3O2/c1-16-7-5-6-10-19(16)20(25)14-22-21(26)12-11-17-13-23-24(15-17)18-8-3-2-4-9-18/h2-10,13,15,20,25H,11-12,14H2,1H3,(H,22,26). The minimum Gasteiger partial charge on any atom is -0.387 e. The van der Waals surface area contributed by atoms with Crippen LogP contribution in [0, 0.1) is 6.92 Å². The van der Waals surface area contributed by atoms with Crippen molar-refractivity contribution in [3.05, 3.63) is 83.7 Å². The zero-order valence-electron chi connectivity index (χ0n) is 14.8. The second kappa shape index (κ2) is 8.45. The number of aliphatic hydroxyl groups is 1. The van der Waals surface area contributed by atoms with Gasteiger partial charge in [-0.3, -0.25) is 4.79 Å². The topological polar surface area (TPSA) is 67.2 Å². The number of nitrogens with zero attached hydrogens (tertiary/aromatic N) is 2. The van der Waals surface area contributed by atoms with Gasteiger partial charge < -0.3 is 10.4 Å². The predicted octanol–water partition coefficient (Wildman–Crippen LogP) is 2.96. The van der Waals surface area contributed by atoms with Gasteiger partial charge in [0.15, 0.2) is 0 Å². The number of carbonyl (C=O) groups is 1. The molecule has 0 aliphatic heterocycles. The Balaban J connectivity index is 1.47. The predicted molar refractivity (Wildman–Crippen MR) is 101 cm³/mol. The van der Waals surface area contributed by atoms with Crippen LogP contribution < -0.4 is 5.32 Å². The molecule has 134 valence electrons. The van der Waals surface area contributed by atoms with Gasteiger partial charge in [-0.1, -0.05) is 42.5 Å². The van der Waals surface area contributed by atoms with Gasteiger partial charge in [-0.15, -0.1) is 0 Å². The fourth-order valence-corrected chi connectivity index (χ4v) is 2.84. The Kier molecular flexibility index (Phi) is 5.81. The highest BCUT2D eigenvalue weighted by atomic mass is 16.3. The molecule has 26 heavy (non-hydrogen) atoms. The molecule has 2 N–H and O–H groups in total. The number of rotatable bonds is 7. The fraction of sp³-hybridized carbons (Fsp3) is 0.238. The molecular formula is C21H23N3O2. The monoisotopic (exact) mass is 349 g/mol. The summed E-state index contributed by atoms with van der Waals surface area (Å²) in [5.41, 5.74) is 3.85. The molecule has 0 fully saturated rings. The van der Waals surface area contributed by atoms with E-state index in [9.17, 15) is 9.90 Å². The Morgan fingerprint density at radius 2 is 1.88 bits per heavy atom. The minimum absolute atomic E-state index is 0.0786. The van der Waals surface area contributed by atoms with E-state index in [4.69, 9.17) is 0 Å². The molecule has 0 spiro atoms. The second-order valence-corrected chi connectivity index (χ2v) is 6.31. The van der Waals surface area contributed by atoms with Gasteiger partial charge in [0.05, 0.1) is 18.0 Å². The lowest BCUT2D eigenvalue weighted by Gasteiger charge is -2.14. The molecule has 1 atom stereocenters. The summed E-state index contributed by atoms with van der Waals surface area (Å²) in [6.07, 6.45) is 3.99. The highest BCUT2D eigenvalue weighted by Gasteiger charge is 2.12. The van der Waals surface area contributed by atoms with Crippen molar-refractivity contribution >= 4 is 5.91 Å². The number of aromatic nitrogens is 2. The quantitative estimate of drug-likeness (QED) is 0.689. The first kappa shape index (κ1) is 17.9. The van der Waals surface area contributed by atoms with Crippen LogP contribution in [-0.4, -0.2) is 27.3 Å². The van der Waals surface area contributed by atoms with Crippen molar-refractivity contribution in [2.24, 2.45) is 0 Å². The summed E-state index contributed by atoms with van der Waals surface area (Å²) in [5.74, 6) is -0.0786. The maximum absolute atomic E-state index is 12.1. The number of benzene rings is 2. The molecule has 1 amide bonds. The van der Waals surface area contributed by atoms with Crippen LogP contribution in [0.25, 0.3) is 5.69 Å². The van der Waals surface area contributed by atoms with Gasteiger partial charge in [0.25, 0.3) is 0 Å². The molecule has 0 aliphatic rings. The van der Waals surface area contributed by atoms with Crippen molar-refractivity contribution in [2.45, 2.75) is 25.9 Å². The number of hydrogen-bond acceptors (Lipinski definition) is 3. The highest BCUT2D eigenvalue weighted by Crippen LogP contribution is 2.16. The van der Waals surface area contributed by atoms with Crippen molar-refractivity contribution in [3.8, 4) is 5.69 Å². The van der Waals surface area contributed by atoms with E-state index in [2.05, 4.69) is 10.4 Å². The van der Waals surface area contributed by atoms with Crippen LogP contribution in [0.2, 0.25) is 0 Å². The molecule has 0 saturated carbocycles. The average Bonchev–Trinajstić information content (AvgIpc) is 3.14. The van der Waals surface area contributed by atoms with E-state index in [0.29, 0.717) is 12.8 Å². The minimum atomic E-state index is -0.694. The highest BCUT2D eigenvalue weighted by molar-refractivity contribution is 5.76. The zero-order chi connectivity index (χ0) is 18.4. The molecular weight excluding hydrogens is 326 g/mol. The third kappa shape index (κ3) is 4.58. The number of amides is 1. The second-order valence-electron chi connectivity index (χ2n) is 6.31. The summed E-state index contributed by atoms with van der Waals surface area (Å²) in [7, 11) is 0. The number of para-hydroxylation sites is 1. The molecule has 1 unspecified atom stereocenters. The van der Waals surface area contributed by atoms with Crippen molar-refractivity contribution in [1.82, 2.24) is 15.1 Å². The lowest BCUT2D eigenvalue weighted by molar-refractivity contribution is -0.121. The largest absolute Gasteiger partial charge is 0.387 e. The van der Waals surface area contributed by atoms with Gasteiger partial charge in [-0.05, 0) is 42.2 Å². The van der Waals surface area contributed by atoms with E-state index in [1.165, 1.54) is 0 Å². The lowest BCUT2D eigenvalue weighted by Crippen LogP contribution is -2.28. The van der Waals surface area contributed by atoms with Crippen molar-refractivity contribution in [2.75, 3.05) is 6.54 Å². The smallest absolute Gasteiger partial charge is 0.220 e. The van der Waals surface area contributed by atoms with Gasteiger partial charge in [-0.2, -0.15) is 5.10 Å². The van der Waals surface area contributed by atoms with Gasteiger partial charge in [0.2, 0.25) is 5.91 Å². The summed E-state index contributed by atoms with van der Waals surface area (Å²) in [4.78, 5) is 12.1. The Labute approximate surface area is 153 Å². The molecule has 5 heteroatoms. The molecule has 2 aromatic carbocycles. The third-order valence-corrected chi connectivity index (χ3v) is 4.34. The van der Waals surface area contributed by atoms with Crippen LogP contribution in [0.4, 0.5) is 0 Å². The van der Waals surface area contributed by atoms with Crippen molar-refractivity contribution in [3.63, 3.8) is 0 Å². The maximum Gasteiger partial charge on any atom is 0.220 e. The Morgan fingerprint density at radius 3 is 2.65 bits per heavy atom.